The zero-order chi connectivity index (χ0) is 23.5. The Kier molecular flexibility index (Phi) is 9.94. The van der Waals surface area contributed by atoms with Gasteiger partial charge in [0.05, 0.1) is 40.6 Å². The number of nitrogens with one attached hydrogen (secondary N) is 2. The fourth-order valence-electron chi connectivity index (χ4n) is 3.17. The molecule has 0 fully saturated rings. The van der Waals surface area contributed by atoms with E-state index in [1.54, 1.807) is 50.6 Å². The number of urea groups is 1. The lowest BCUT2D eigenvalue weighted by atomic mass is 10.1. The van der Waals surface area contributed by atoms with Crippen LogP contribution >= 0.6 is 0 Å². The molecule has 0 spiro atoms. The van der Waals surface area contributed by atoms with Gasteiger partial charge in [-0.1, -0.05) is 19.9 Å². The van der Waals surface area contributed by atoms with Crippen molar-refractivity contribution in [2.24, 2.45) is 5.92 Å². The highest BCUT2D eigenvalue weighted by Crippen LogP contribution is 2.31. The van der Waals surface area contributed by atoms with E-state index in [1.165, 1.54) is 7.11 Å². The van der Waals surface area contributed by atoms with Crippen LogP contribution in [0.15, 0.2) is 36.4 Å². The lowest BCUT2D eigenvalue weighted by Gasteiger charge is -2.19. The Balaban J connectivity index is 2.05. The maximum Gasteiger partial charge on any atom is 0.319 e. The molecule has 3 N–H and O–H groups in total. The molecule has 0 saturated carbocycles. The molecule has 0 bridgehead atoms. The number of ether oxygens (including phenoxy) is 4. The topological polar surface area (TPSA) is 98.3 Å². The van der Waals surface area contributed by atoms with Crippen LogP contribution in [-0.2, 0) is 0 Å². The Bertz CT molecular complexity index is 872. The normalized spacial score (nSPS) is 11.6. The number of rotatable bonds is 12. The Hall–Kier alpha value is -3.13. The summed E-state index contributed by atoms with van der Waals surface area (Å²) in [6.07, 6.45) is 2.00. The summed E-state index contributed by atoms with van der Waals surface area (Å²) in [5.74, 6) is 2.85. The summed E-state index contributed by atoms with van der Waals surface area (Å²) in [4.78, 5) is 12.6. The number of aliphatic hydroxyl groups excluding tert-OH is 1. The molecule has 2 aromatic carbocycles. The van der Waals surface area contributed by atoms with Crippen molar-refractivity contribution in [2.75, 3.05) is 39.9 Å². The molecule has 2 aromatic rings. The Morgan fingerprint density at radius 3 is 2.22 bits per heavy atom. The van der Waals surface area contributed by atoms with E-state index in [2.05, 4.69) is 24.5 Å². The highest BCUT2D eigenvalue weighted by atomic mass is 16.5. The summed E-state index contributed by atoms with van der Waals surface area (Å²) in [7, 11) is 4.65. The molecule has 0 saturated heterocycles. The zero-order valence-electron chi connectivity index (χ0n) is 19.4. The van der Waals surface area contributed by atoms with Gasteiger partial charge in [-0.25, -0.2) is 4.79 Å². The van der Waals surface area contributed by atoms with Gasteiger partial charge < -0.3 is 34.7 Å². The first-order valence-electron chi connectivity index (χ1n) is 10.6. The first kappa shape index (κ1) is 25.1. The predicted octanol–water partition coefficient (Wildman–Crippen LogP) is 4.38. The van der Waals surface area contributed by atoms with Crippen LogP contribution in [0.5, 0.6) is 23.0 Å². The zero-order valence-corrected chi connectivity index (χ0v) is 19.4. The van der Waals surface area contributed by atoms with Gasteiger partial charge in [0.2, 0.25) is 0 Å². The van der Waals surface area contributed by atoms with Gasteiger partial charge in [-0.15, -0.1) is 0 Å². The second-order valence-corrected chi connectivity index (χ2v) is 7.70. The number of hydrogen-bond acceptors (Lipinski definition) is 6. The summed E-state index contributed by atoms with van der Waals surface area (Å²) in [5, 5.41) is 15.3. The molecule has 0 radical (unpaired) electrons. The average Bonchev–Trinajstić information content (AvgIpc) is 2.79. The molecule has 32 heavy (non-hydrogen) atoms. The fourth-order valence-corrected chi connectivity index (χ4v) is 3.17. The number of carbonyl (C=O) groups is 1. The molecule has 0 aliphatic rings. The van der Waals surface area contributed by atoms with Gasteiger partial charge in [-0.05, 0) is 48.6 Å². The molecule has 0 aromatic heterocycles. The third-order valence-electron chi connectivity index (χ3n) is 4.90. The molecular formula is C24H34N2O6. The second kappa shape index (κ2) is 12.7. The van der Waals surface area contributed by atoms with E-state index in [4.69, 9.17) is 18.9 Å². The van der Waals surface area contributed by atoms with Crippen LogP contribution in [0.2, 0.25) is 0 Å². The smallest absolute Gasteiger partial charge is 0.319 e. The maximum atomic E-state index is 12.6. The van der Waals surface area contributed by atoms with Crippen LogP contribution in [0.1, 0.15) is 38.3 Å². The van der Waals surface area contributed by atoms with Gasteiger partial charge in [-0.2, -0.15) is 0 Å². The van der Waals surface area contributed by atoms with Gasteiger partial charge in [0.15, 0.2) is 23.0 Å². The largest absolute Gasteiger partial charge is 0.493 e. The van der Waals surface area contributed by atoms with E-state index in [1.807, 2.05) is 0 Å². The van der Waals surface area contributed by atoms with Gasteiger partial charge in [0.25, 0.3) is 0 Å². The van der Waals surface area contributed by atoms with Gasteiger partial charge in [-0.3, -0.25) is 0 Å². The Labute approximate surface area is 189 Å². The predicted molar refractivity (Wildman–Crippen MR) is 124 cm³/mol. The SMILES string of the molecule is COc1ccc(C(CO)NC(=O)Nc2ccc(OC)c(OCCCC(C)C)c2)cc1OC. The molecule has 0 aliphatic heterocycles. The summed E-state index contributed by atoms with van der Waals surface area (Å²) < 4.78 is 21.7. The number of aliphatic hydroxyl groups is 1. The summed E-state index contributed by atoms with van der Waals surface area (Å²) >= 11 is 0. The van der Waals surface area contributed by atoms with Gasteiger partial charge in [0.1, 0.15) is 0 Å². The number of methoxy groups -OCH3 is 3. The molecular weight excluding hydrogens is 412 g/mol. The van der Waals surface area contributed by atoms with E-state index >= 15 is 0 Å². The first-order valence-corrected chi connectivity index (χ1v) is 10.6. The monoisotopic (exact) mass is 446 g/mol. The standard InChI is InChI=1S/C24H34N2O6/c1-16(2)7-6-12-32-23-14-18(9-11-21(23)30-4)25-24(28)26-19(15-27)17-8-10-20(29-3)22(13-17)31-5/h8-11,13-14,16,19,27H,6-7,12,15H2,1-5H3,(H2,25,26,28). The van der Waals surface area contributed by atoms with Crippen LogP contribution in [0.25, 0.3) is 0 Å². The second-order valence-electron chi connectivity index (χ2n) is 7.70. The fraction of sp³-hybridized carbons (Fsp3) is 0.458. The van der Waals surface area contributed by atoms with Crippen LogP contribution < -0.4 is 29.6 Å². The van der Waals surface area contributed by atoms with Crippen molar-refractivity contribution in [1.29, 1.82) is 0 Å². The highest BCUT2D eigenvalue weighted by Gasteiger charge is 2.17. The maximum absolute atomic E-state index is 12.6. The highest BCUT2D eigenvalue weighted by molar-refractivity contribution is 5.90. The van der Waals surface area contributed by atoms with Crippen molar-refractivity contribution in [1.82, 2.24) is 5.32 Å². The molecule has 1 atom stereocenters. The molecule has 8 nitrogen and oxygen atoms in total. The lowest BCUT2D eigenvalue weighted by Crippen LogP contribution is -2.34. The van der Waals surface area contributed by atoms with E-state index in [0.717, 1.165) is 12.8 Å². The molecule has 0 heterocycles. The van der Waals surface area contributed by atoms with Crippen molar-refractivity contribution in [3.05, 3.63) is 42.0 Å². The van der Waals surface area contributed by atoms with Crippen LogP contribution in [0.3, 0.4) is 0 Å². The van der Waals surface area contributed by atoms with Gasteiger partial charge in [0, 0.05) is 11.8 Å². The Morgan fingerprint density at radius 1 is 0.938 bits per heavy atom. The van der Waals surface area contributed by atoms with Crippen molar-refractivity contribution in [2.45, 2.75) is 32.7 Å². The van der Waals surface area contributed by atoms with E-state index in [9.17, 15) is 9.90 Å². The number of amides is 2. The van der Waals surface area contributed by atoms with Crippen LogP contribution in [0, 0.1) is 5.92 Å². The van der Waals surface area contributed by atoms with Crippen molar-refractivity contribution >= 4 is 11.7 Å². The molecule has 2 rings (SSSR count). The molecule has 1 unspecified atom stereocenters. The van der Waals surface area contributed by atoms with Crippen molar-refractivity contribution < 1.29 is 28.8 Å². The Morgan fingerprint density at radius 2 is 1.59 bits per heavy atom. The van der Waals surface area contributed by atoms with Crippen molar-refractivity contribution in [3.8, 4) is 23.0 Å². The number of anilines is 1. The molecule has 2 amide bonds. The molecule has 8 heteroatoms. The first-order chi connectivity index (χ1) is 15.4. The van der Waals surface area contributed by atoms with Crippen LogP contribution in [0.4, 0.5) is 10.5 Å². The molecule has 0 aliphatic carbocycles. The number of carbonyl (C=O) groups excluding carboxylic acids is 1. The third-order valence-corrected chi connectivity index (χ3v) is 4.90. The van der Waals surface area contributed by atoms with E-state index < -0.39 is 12.1 Å². The number of hydrogen-bond donors (Lipinski definition) is 3. The van der Waals surface area contributed by atoms with Crippen molar-refractivity contribution in [3.63, 3.8) is 0 Å². The minimum atomic E-state index is -0.625. The molecule has 176 valence electrons. The van der Waals surface area contributed by atoms with E-state index in [-0.39, 0.29) is 6.61 Å². The summed E-state index contributed by atoms with van der Waals surface area (Å²) in [6.45, 7) is 4.63. The summed E-state index contributed by atoms with van der Waals surface area (Å²) in [5.41, 5.74) is 1.23. The summed E-state index contributed by atoms with van der Waals surface area (Å²) in [6, 6.07) is 9.31. The van der Waals surface area contributed by atoms with Crippen LogP contribution in [-0.4, -0.2) is 45.7 Å². The van der Waals surface area contributed by atoms with Gasteiger partial charge >= 0.3 is 6.03 Å². The minimum absolute atomic E-state index is 0.282. The quantitative estimate of drug-likeness (QED) is 0.419. The lowest BCUT2D eigenvalue weighted by molar-refractivity contribution is 0.225. The minimum Gasteiger partial charge on any atom is -0.493 e. The van der Waals surface area contributed by atoms with E-state index in [0.29, 0.717) is 46.8 Å². The third kappa shape index (κ3) is 7.23. The number of benzene rings is 2. The average molecular weight is 447 g/mol.